The summed E-state index contributed by atoms with van der Waals surface area (Å²) in [7, 11) is 0. The quantitative estimate of drug-likeness (QED) is 0.617. The molecule has 0 N–H and O–H groups in total. The summed E-state index contributed by atoms with van der Waals surface area (Å²) >= 11 is 0. The number of ether oxygens (including phenoxy) is 1. The van der Waals surface area contributed by atoms with Crippen LogP contribution in [0.5, 0.6) is 0 Å². The molecule has 0 fully saturated rings. The molecule has 0 aromatic carbocycles. The Morgan fingerprint density at radius 3 is 2.23 bits per heavy atom. The van der Waals surface area contributed by atoms with Crippen LogP contribution in [0.3, 0.4) is 0 Å². The summed E-state index contributed by atoms with van der Waals surface area (Å²) in [6.07, 6.45) is 1.74. The molecule has 0 saturated heterocycles. The summed E-state index contributed by atoms with van der Waals surface area (Å²) in [4.78, 5) is 11.5. The number of hydrogen-bond donors (Lipinski definition) is 0. The van der Waals surface area contributed by atoms with Crippen LogP contribution in [0.2, 0.25) is 0 Å². The van der Waals surface area contributed by atoms with Gasteiger partial charge in [0.15, 0.2) is 0 Å². The molecule has 0 unspecified atom stereocenters. The van der Waals surface area contributed by atoms with Crippen LogP contribution < -0.4 is 0 Å². The Hall–Kier alpha value is -0.370. The molecule has 0 saturated carbocycles. The Morgan fingerprint density at radius 2 is 1.85 bits per heavy atom. The summed E-state index contributed by atoms with van der Waals surface area (Å²) in [5, 5.41) is 0. The van der Waals surface area contributed by atoms with E-state index in [0.717, 1.165) is 6.42 Å². The Bertz CT molecular complexity index is 154. The standard InChI is InChI=1S/C11H22O2/c1-9(2)13-8-6-7-10(12)11(3,4)5/h9H,6-8H2,1-5H3. The molecule has 2 heteroatoms. The van der Waals surface area contributed by atoms with E-state index in [1.807, 2.05) is 34.6 Å². The SMILES string of the molecule is CC(C)OCCCC(=O)C(C)(C)C. The van der Waals surface area contributed by atoms with Crippen molar-refractivity contribution in [2.75, 3.05) is 6.61 Å². The van der Waals surface area contributed by atoms with Gasteiger partial charge < -0.3 is 4.74 Å². The van der Waals surface area contributed by atoms with Crippen LogP contribution in [0.25, 0.3) is 0 Å². The van der Waals surface area contributed by atoms with Crippen molar-refractivity contribution in [3.8, 4) is 0 Å². The number of rotatable bonds is 5. The lowest BCUT2D eigenvalue weighted by atomic mass is 9.88. The van der Waals surface area contributed by atoms with Gasteiger partial charge in [0.2, 0.25) is 0 Å². The van der Waals surface area contributed by atoms with Gasteiger partial charge in [-0.2, -0.15) is 0 Å². The maximum Gasteiger partial charge on any atom is 0.138 e. The third kappa shape index (κ3) is 6.76. The predicted molar refractivity (Wildman–Crippen MR) is 54.8 cm³/mol. The lowest BCUT2D eigenvalue weighted by Gasteiger charge is -2.16. The van der Waals surface area contributed by atoms with E-state index in [1.165, 1.54) is 0 Å². The van der Waals surface area contributed by atoms with Gasteiger partial charge in [-0.05, 0) is 20.3 Å². The summed E-state index contributed by atoms with van der Waals surface area (Å²) in [5.41, 5.74) is -0.197. The number of carbonyl (C=O) groups is 1. The topological polar surface area (TPSA) is 26.3 Å². The van der Waals surface area contributed by atoms with Gasteiger partial charge >= 0.3 is 0 Å². The third-order valence-corrected chi connectivity index (χ3v) is 1.84. The minimum Gasteiger partial charge on any atom is -0.379 e. The van der Waals surface area contributed by atoms with Crippen molar-refractivity contribution in [3.05, 3.63) is 0 Å². The van der Waals surface area contributed by atoms with Gasteiger partial charge in [-0.1, -0.05) is 20.8 Å². The molecule has 2 nitrogen and oxygen atoms in total. The minimum atomic E-state index is -0.197. The van der Waals surface area contributed by atoms with Crippen LogP contribution in [-0.2, 0) is 9.53 Å². The van der Waals surface area contributed by atoms with Crippen LogP contribution in [0.1, 0.15) is 47.5 Å². The molecule has 0 atom stereocenters. The van der Waals surface area contributed by atoms with Gasteiger partial charge in [-0.3, -0.25) is 4.79 Å². The molecule has 0 aliphatic carbocycles. The average molecular weight is 186 g/mol. The molecule has 0 aliphatic heterocycles. The van der Waals surface area contributed by atoms with Crippen molar-refractivity contribution in [2.45, 2.75) is 53.6 Å². The molecule has 0 aliphatic rings. The second-order valence-corrected chi connectivity index (χ2v) is 4.70. The third-order valence-electron chi connectivity index (χ3n) is 1.84. The van der Waals surface area contributed by atoms with E-state index in [2.05, 4.69) is 0 Å². The fourth-order valence-electron chi connectivity index (χ4n) is 0.927. The molecule has 0 spiro atoms. The van der Waals surface area contributed by atoms with Crippen molar-refractivity contribution >= 4 is 5.78 Å². The van der Waals surface area contributed by atoms with E-state index < -0.39 is 0 Å². The van der Waals surface area contributed by atoms with E-state index in [-0.39, 0.29) is 11.5 Å². The highest BCUT2D eigenvalue weighted by Crippen LogP contribution is 2.17. The summed E-state index contributed by atoms with van der Waals surface area (Å²) in [6, 6.07) is 0. The zero-order valence-electron chi connectivity index (χ0n) is 9.52. The lowest BCUT2D eigenvalue weighted by Crippen LogP contribution is -2.20. The van der Waals surface area contributed by atoms with Crippen LogP contribution in [0.15, 0.2) is 0 Å². The van der Waals surface area contributed by atoms with Crippen LogP contribution in [0, 0.1) is 5.41 Å². The second kappa shape index (κ2) is 5.38. The highest BCUT2D eigenvalue weighted by molar-refractivity contribution is 5.83. The zero-order valence-corrected chi connectivity index (χ0v) is 9.52. The molecule has 78 valence electrons. The predicted octanol–water partition coefficient (Wildman–Crippen LogP) is 2.81. The van der Waals surface area contributed by atoms with Crippen LogP contribution >= 0.6 is 0 Å². The van der Waals surface area contributed by atoms with Crippen molar-refractivity contribution < 1.29 is 9.53 Å². The van der Waals surface area contributed by atoms with E-state index in [9.17, 15) is 4.79 Å². The Kier molecular flexibility index (Phi) is 5.23. The fourth-order valence-corrected chi connectivity index (χ4v) is 0.927. The van der Waals surface area contributed by atoms with E-state index >= 15 is 0 Å². The van der Waals surface area contributed by atoms with Crippen molar-refractivity contribution in [3.63, 3.8) is 0 Å². The number of ketones is 1. The maximum absolute atomic E-state index is 11.5. The molecular formula is C11H22O2. The molecular weight excluding hydrogens is 164 g/mol. The van der Waals surface area contributed by atoms with E-state index in [4.69, 9.17) is 4.74 Å². The largest absolute Gasteiger partial charge is 0.379 e. The normalized spacial score (nSPS) is 12.2. The van der Waals surface area contributed by atoms with Crippen molar-refractivity contribution in [1.29, 1.82) is 0 Å². The first kappa shape index (κ1) is 12.6. The fraction of sp³-hybridized carbons (Fsp3) is 0.909. The first-order valence-corrected chi connectivity index (χ1v) is 4.99. The summed E-state index contributed by atoms with van der Waals surface area (Å²) in [5.74, 6) is 0.319. The minimum absolute atomic E-state index is 0.197. The van der Waals surface area contributed by atoms with Crippen LogP contribution in [0.4, 0.5) is 0 Å². The maximum atomic E-state index is 11.5. The smallest absolute Gasteiger partial charge is 0.138 e. The first-order valence-electron chi connectivity index (χ1n) is 4.99. The van der Waals surface area contributed by atoms with Gasteiger partial charge in [0.25, 0.3) is 0 Å². The summed E-state index contributed by atoms with van der Waals surface area (Å²) < 4.78 is 5.35. The zero-order chi connectivity index (χ0) is 10.5. The van der Waals surface area contributed by atoms with Crippen LogP contribution in [-0.4, -0.2) is 18.5 Å². The Balaban J connectivity index is 3.49. The molecule has 0 heterocycles. The monoisotopic (exact) mass is 186 g/mol. The molecule has 0 aromatic heterocycles. The van der Waals surface area contributed by atoms with Gasteiger partial charge in [0.1, 0.15) is 5.78 Å². The second-order valence-electron chi connectivity index (χ2n) is 4.70. The molecule has 0 rings (SSSR count). The average Bonchev–Trinajstić information content (AvgIpc) is 1.95. The highest BCUT2D eigenvalue weighted by atomic mass is 16.5. The lowest BCUT2D eigenvalue weighted by molar-refractivity contribution is -0.126. The van der Waals surface area contributed by atoms with Gasteiger partial charge in [-0.15, -0.1) is 0 Å². The molecule has 0 radical (unpaired) electrons. The van der Waals surface area contributed by atoms with E-state index in [0.29, 0.717) is 18.8 Å². The van der Waals surface area contributed by atoms with Crippen molar-refractivity contribution in [1.82, 2.24) is 0 Å². The Morgan fingerprint density at radius 1 is 1.31 bits per heavy atom. The number of hydrogen-bond acceptors (Lipinski definition) is 2. The Labute approximate surface area is 81.7 Å². The molecule has 0 amide bonds. The number of Topliss-reactive ketones (excluding diaryl/α,β-unsaturated/α-hetero) is 1. The van der Waals surface area contributed by atoms with Gasteiger partial charge in [0.05, 0.1) is 6.10 Å². The highest BCUT2D eigenvalue weighted by Gasteiger charge is 2.19. The summed E-state index contributed by atoms with van der Waals surface area (Å²) in [6.45, 7) is 10.6. The molecule has 0 bridgehead atoms. The first-order chi connectivity index (χ1) is 5.84. The molecule has 13 heavy (non-hydrogen) atoms. The van der Waals surface area contributed by atoms with Crippen molar-refractivity contribution in [2.24, 2.45) is 5.41 Å². The van der Waals surface area contributed by atoms with E-state index in [1.54, 1.807) is 0 Å². The number of carbonyl (C=O) groups excluding carboxylic acids is 1. The molecule has 0 aromatic rings. The van der Waals surface area contributed by atoms with Gasteiger partial charge in [0, 0.05) is 18.4 Å². The van der Waals surface area contributed by atoms with Gasteiger partial charge in [-0.25, -0.2) is 0 Å².